The summed E-state index contributed by atoms with van der Waals surface area (Å²) in [5, 5.41) is 0. The van der Waals surface area contributed by atoms with Crippen molar-refractivity contribution in [1.29, 1.82) is 0 Å². The molecule has 1 aromatic heterocycles. The summed E-state index contributed by atoms with van der Waals surface area (Å²) in [6, 6.07) is 12.4. The lowest BCUT2D eigenvalue weighted by molar-refractivity contribution is -0.131. The van der Waals surface area contributed by atoms with Crippen LogP contribution in [0, 0.1) is 5.92 Å². The molecule has 1 aliphatic carbocycles. The molecule has 3 aliphatic rings. The van der Waals surface area contributed by atoms with Crippen LogP contribution in [0.5, 0.6) is 5.75 Å². The third-order valence-electron chi connectivity index (χ3n) is 6.14. The summed E-state index contributed by atoms with van der Waals surface area (Å²) in [5.41, 5.74) is 1.28. The van der Waals surface area contributed by atoms with Crippen LogP contribution in [-0.4, -0.2) is 29.4 Å². The number of fused-ring (bicyclic) bond motifs is 1. The summed E-state index contributed by atoms with van der Waals surface area (Å²) >= 11 is 0. The number of hydrogen-bond donors (Lipinski definition) is 0. The largest absolute Gasteiger partial charge is 0.494 e. The number of aromatic nitrogens is 1. The van der Waals surface area contributed by atoms with Crippen molar-refractivity contribution in [3.8, 4) is 5.75 Å². The second-order valence-electron chi connectivity index (χ2n) is 7.93. The summed E-state index contributed by atoms with van der Waals surface area (Å²) in [7, 11) is 0. The second kappa shape index (κ2) is 7.59. The van der Waals surface area contributed by atoms with Gasteiger partial charge in [-0.3, -0.25) is 14.5 Å². The minimum atomic E-state index is -0.571. The number of benzene rings is 1. The summed E-state index contributed by atoms with van der Waals surface area (Å²) in [6.45, 7) is 2.46. The molecule has 1 fully saturated rings. The molecule has 30 heavy (non-hydrogen) atoms. The van der Waals surface area contributed by atoms with Gasteiger partial charge in [0.05, 0.1) is 24.1 Å². The highest BCUT2D eigenvalue weighted by Crippen LogP contribution is 2.48. The standard InChI is InChI=1S/C24H24N2O4/c1-2-29-16-9-7-8-15(14-16)21-20-22(27)17-10-3-4-11-18(17)30-23(20)24(28)26(21)19-12-5-6-13-25-19/h5-9,12-14,17-18,21H,2-4,10-11H2,1H3. The molecule has 6 nitrogen and oxygen atoms in total. The lowest BCUT2D eigenvalue weighted by Gasteiger charge is -2.35. The Labute approximate surface area is 175 Å². The van der Waals surface area contributed by atoms with Crippen LogP contribution in [0.15, 0.2) is 60.0 Å². The van der Waals surface area contributed by atoms with Gasteiger partial charge < -0.3 is 9.47 Å². The number of anilines is 1. The molecule has 3 unspecified atom stereocenters. The first kappa shape index (κ1) is 18.9. The molecule has 1 amide bonds. The first-order valence-electron chi connectivity index (χ1n) is 10.6. The van der Waals surface area contributed by atoms with E-state index in [-0.39, 0.29) is 29.5 Å². The van der Waals surface area contributed by atoms with Gasteiger partial charge in [0.25, 0.3) is 5.91 Å². The molecule has 0 bridgehead atoms. The van der Waals surface area contributed by atoms with Crippen LogP contribution in [-0.2, 0) is 14.3 Å². The van der Waals surface area contributed by atoms with Crippen LogP contribution < -0.4 is 9.64 Å². The summed E-state index contributed by atoms with van der Waals surface area (Å²) in [6.07, 6.45) is 5.11. The Morgan fingerprint density at radius 3 is 2.80 bits per heavy atom. The average molecular weight is 404 g/mol. The Balaban J connectivity index is 1.65. The Morgan fingerprint density at radius 2 is 2.00 bits per heavy atom. The maximum atomic E-state index is 13.6. The lowest BCUT2D eigenvalue weighted by atomic mass is 9.77. The Kier molecular flexibility index (Phi) is 4.77. The fourth-order valence-corrected chi connectivity index (χ4v) is 4.83. The number of nitrogens with zero attached hydrogens (tertiary/aromatic N) is 2. The zero-order chi connectivity index (χ0) is 20.7. The molecule has 1 saturated carbocycles. The topological polar surface area (TPSA) is 68.7 Å². The van der Waals surface area contributed by atoms with Gasteiger partial charge in [0.15, 0.2) is 11.5 Å². The zero-order valence-corrected chi connectivity index (χ0v) is 16.9. The molecule has 2 aromatic rings. The fourth-order valence-electron chi connectivity index (χ4n) is 4.83. The number of amides is 1. The molecule has 5 rings (SSSR count). The molecular formula is C24H24N2O4. The third-order valence-corrected chi connectivity index (χ3v) is 6.14. The van der Waals surface area contributed by atoms with Crippen molar-refractivity contribution in [3.05, 3.63) is 65.6 Å². The Bertz CT molecular complexity index is 1020. The van der Waals surface area contributed by atoms with E-state index in [0.717, 1.165) is 31.2 Å². The number of carbonyl (C=O) groups excluding carboxylic acids is 2. The highest BCUT2D eigenvalue weighted by atomic mass is 16.5. The number of rotatable bonds is 4. The van der Waals surface area contributed by atoms with Gasteiger partial charge in [-0.1, -0.05) is 24.6 Å². The van der Waals surface area contributed by atoms with Crippen molar-refractivity contribution in [2.75, 3.05) is 11.5 Å². The number of ether oxygens (including phenoxy) is 2. The fraction of sp³-hybridized carbons (Fsp3) is 0.375. The molecule has 1 aromatic carbocycles. The van der Waals surface area contributed by atoms with Crippen LogP contribution in [0.1, 0.15) is 44.2 Å². The Hall–Kier alpha value is -3.15. The van der Waals surface area contributed by atoms with Gasteiger partial charge in [0.1, 0.15) is 17.7 Å². The number of hydrogen-bond acceptors (Lipinski definition) is 5. The van der Waals surface area contributed by atoms with Crippen LogP contribution in [0.3, 0.4) is 0 Å². The van der Waals surface area contributed by atoms with Gasteiger partial charge in [-0.2, -0.15) is 0 Å². The normalized spacial score (nSPS) is 25.6. The van der Waals surface area contributed by atoms with E-state index in [9.17, 15) is 9.59 Å². The van der Waals surface area contributed by atoms with Crippen molar-refractivity contribution < 1.29 is 19.1 Å². The molecule has 3 heterocycles. The monoisotopic (exact) mass is 404 g/mol. The second-order valence-corrected chi connectivity index (χ2v) is 7.93. The molecule has 0 N–H and O–H groups in total. The summed E-state index contributed by atoms with van der Waals surface area (Å²) in [4.78, 5) is 33.1. The predicted octanol–water partition coefficient (Wildman–Crippen LogP) is 3.98. The molecule has 0 saturated heterocycles. The average Bonchev–Trinajstić information content (AvgIpc) is 3.08. The first-order chi connectivity index (χ1) is 14.7. The smallest absolute Gasteiger partial charge is 0.295 e. The Morgan fingerprint density at radius 1 is 1.13 bits per heavy atom. The van der Waals surface area contributed by atoms with Crippen LogP contribution in [0.25, 0.3) is 0 Å². The quantitative estimate of drug-likeness (QED) is 0.771. The van der Waals surface area contributed by atoms with E-state index >= 15 is 0 Å². The predicted molar refractivity (Wildman–Crippen MR) is 111 cm³/mol. The summed E-state index contributed by atoms with van der Waals surface area (Å²) < 4.78 is 11.9. The molecule has 2 aliphatic heterocycles. The van der Waals surface area contributed by atoms with Gasteiger partial charge in [-0.15, -0.1) is 0 Å². The van der Waals surface area contributed by atoms with Gasteiger partial charge >= 0.3 is 0 Å². The van der Waals surface area contributed by atoms with Crippen LogP contribution in [0.2, 0.25) is 0 Å². The highest BCUT2D eigenvalue weighted by Gasteiger charge is 2.52. The molecule has 154 valence electrons. The molecule has 3 atom stereocenters. The van der Waals surface area contributed by atoms with Gasteiger partial charge in [0.2, 0.25) is 0 Å². The van der Waals surface area contributed by atoms with Crippen molar-refractivity contribution in [2.24, 2.45) is 5.92 Å². The van der Waals surface area contributed by atoms with E-state index < -0.39 is 6.04 Å². The van der Waals surface area contributed by atoms with E-state index in [4.69, 9.17) is 9.47 Å². The highest BCUT2D eigenvalue weighted by molar-refractivity contribution is 6.17. The van der Waals surface area contributed by atoms with Crippen LogP contribution in [0.4, 0.5) is 5.82 Å². The number of Topliss-reactive ketones (excluding diaryl/α,β-unsaturated/α-hetero) is 1. The minimum Gasteiger partial charge on any atom is -0.494 e. The molecule has 0 radical (unpaired) electrons. The molecule has 0 spiro atoms. The number of pyridine rings is 1. The minimum absolute atomic E-state index is 0.0412. The van der Waals surface area contributed by atoms with Crippen molar-refractivity contribution in [1.82, 2.24) is 4.98 Å². The van der Waals surface area contributed by atoms with E-state index in [0.29, 0.717) is 23.7 Å². The van der Waals surface area contributed by atoms with Gasteiger partial charge in [-0.25, -0.2) is 4.98 Å². The maximum absolute atomic E-state index is 13.6. The van der Waals surface area contributed by atoms with Crippen molar-refractivity contribution in [3.63, 3.8) is 0 Å². The zero-order valence-electron chi connectivity index (χ0n) is 16.9. The van der Waals surface area contributed by atoms with Crippen molar-refractivity contribution in [2.45, 2.75) is 44.8 Å². The van der Waals surface area contributed by atoms with E-state index in [1.807, 2.05) is 37.3 Å². The van der Waals surface area contributed by atoms with Gasteiger partial charge in [-0.05, 0) is 56.0 Å². The van der Waals surface area contributed by atoms with Gasteiger partial charge in [0, 0.05) is 6.20 Å². The summed E-state index contributed by atoms with van der Waals surface area (Å²) in [5.74, 6) is 0.972. The number of carbonyl (C=O) groups is 2. The van der Waals surface area contributed by atoms with Crippen LogP contribution >= 0.6 is 0 Å². The van der Waals surface area contributed by atoms with E-state index in [1.54, 1.807) is 23.2 Å². The van der Waals surface area contributed by atoms with E-state index in [1.165, 1.54) is 0 Å². The third kappa shape index (κ3) is 2.98. The molecular weight excluding hydrogens is 380 g/mol. The number of ketones is 1. The van der Waals surface area contributed by atoms with E-state index in [2.05, 4.69) is 4.98 Å². The maximum Gasteiger partial charge on any atom is 0.295 e. The first-order valence-corrected chi connectivity index (χ1v) is 10.6. The molecule has 6 heteroatoms. The van der Waals surface area contributed by atoms with Crippen molar-refractivity contribution >= 4 is 17.5 Å². The lowest BCUT2D eigenvalue weighted by Crippen LogP contribution is -2.39. The SMILES string of the molecule is CCOc1cccc(C2C3=C(OC4CCCCC4C3=O)C(=O)N2c2ccccn2)c1.